The molecule has 0 unspecified atom stereocenters. The van der Waals surface area contributed by atoms with Gasteiger partial charge < -0.3 is 9.47 Å². The van der Waals surface area contributed by atoms with Crippen molar-refractivity contribution in [3.8, 4) is 11.5 Å². The van der Waals surface area contributed by atoms with Gasteiger partial charge in [-0.05, 0) is 30.2 Å². The second-order valence-electron chi connectivity index (χ2n) is 7.90. The van der Waals surface area contributed by atoms with Crippen LogP contribution in [0, 0.1) is 0 Å². The Kier molecular flexibility index (Phi) is 15.4. The Bertz CT molecular complexity index is 602. The third-order valence-corrected chi connectivity index (χ3v) is 5.32. The molecule has 30 heavy (non-hydrogen) atoms. The quantitative estimate of drug-likeness (QED) is 0.165. The number of carbonyl (C=O) groups excluding carboxylic acids is 1. The number of ether oxygens (including phenoxy) is 2. The maximum atomic E-state index is 11.9. The molecule has 1 amide bonds. The number of nitrogens with one attached hydrogen (secondary N) is 1. The maximum Gasteiger partial charge on any atom is 0.240 e. The first-order valence-electron chi connectivity index (χ1n) is 11.7. The van der Waals surface area contributed by atoms with Crippen LogP contribution in [0.1, 0.15) is 102 Å². The summed E-state index contributed by atoms with van der Waals surface area (Å²) < 4.78 is 10.5. The van der Waals surface area contributed by atoms with E-state index in [4.69, 9.17) is 9.47 Å². The molecule has 0 aliphatic heterocycles. The zero-order valence-electron chi connectivity index (χ0n) is 19.4. The van der Waals surface area contributed by atoms with E-state index in [2.05, 4.69) is 17.5 Å². The molecule has 5 nitrogen and oxygen atoms in total. The summed E-state index contributed by atoms with van der Waals surface area (Å²) >= 11 is 0. The first kappa shape index (κ1) is 26.0. The average molecular weight is 419 g/mol. The molecule has 0 radical (unpaired) electrons. The van der Waals surface area contributed by atoms with Gasteiger partial charge in [0.2, 0.25) is 5.91 Å². The molecule has 0 saturated carbocycles. The highest BCUT2D eigenvalue weighted by atomic mass is 16.5. The summed E-state index contributed by atoms with van der Waals surface area (Å²) in [5, 5.41) is 4.03. The van der Waals surface area contributed by atoms with Crippen molar-refractivity contribution in [3.63, 3.8) is 0 Å². The fourth-order valence-electron chi connectivity index (χ4n) is 3.47. The molecule has 1 aromatic rings. The molecule has 0 bridgehead atoms. The van der Waals surface area contributed by atoms with E-state index < -0.39 is 0 Å². The van der Waals surface area contributed by atoms with Crippen molar-refractivity contribution < 1.29 is 14.3 Å². The van der Waals surface area contributed by atoms with Crippen LogP contribution in [-0.4, -0.2) is 26.3 Å². The summed E-state index contributed by atoms with van der Waals surface area (Å²) in [5.74, 6) is 1.27. The molecule has 0 aromatic heterocycles. The number of unbranched alkanes of at least 4 members (excludes halogenated alkanes) is 12. The van der Waals surface area contributed by atoms with Gasteiger partial charge in [-0.25, -0.2) is 5.43 Å². The van der Waals surface area contributed by atoms with E-state index in [0.29, 0.717) is 17.9 Å². The van der Waals surface area contributed by atoms with E-state index in [9.17, 15) is 4.79 Å². The van der Waals surface area contributed by atoms with Gasteiger partial charge >= 0.3 is 0 Å². The molecular formula is C25H42N2O3. The normalized spacial score (nSPS) is 11.0. The van der Waals surface area contributed by atoms with Crippen LogP contribution in [0.5, 0.6) is 11.5 Å². The van der Waals surface area contributed by atoms with Crippen molar-refractivity contribution in [1.29, 1.82) is 0 Å². The van der Waals surface area contributed by atoms with Gasteiger partial charge in [-0.3, -0.25) is 4.79 Å². The molecule has 1 rings (SSSR count). The van der Waals surface area contributed by atoms with Gasteiger partial charge in [0.1, 0.15) is 0 Å². The lowest BCUT2D eigenvalue weighted by molar-refractivity contribution is -0.121. The third-order valence-electron chi connectivity index (χ3n) is 5.32. The van der Waals surface area contributed by atoms with Gasteiger partial charge in [0, 0.05) is 6.42 Å². The van der Waals surface area contributed by atoms with Crippen LogP contribution in [0.3, 0.4) is 0 Å². The lowest BCUT2D eigenvalue weighted by Crippen LogP contribution is -2.16. The van der Waals surface area contributed by atoms with Crippen molar-refractivity contribution >= 4 is 12.1 Å². The summed E-state index contributed by atoms with van der Waals surface area (Å²) in [4.78, 5) is 11.9. The van der Waals surface area contributed by atoms with Crippen molar-refractivity contribution in [1.82, 2.24) is 5.43 Å². The van der Waals surface area contributed by atoms with E-state index in [1.165, 1.54) is 70.6 Å². The van der Waals surface area contributed by atoms with E-state index in [1.807, 2.05) is 18.2 Å². The minimum absolute atomic E-state index is 0.0326. The molecule has 1 aromatic carbocycles. The molecule has 0 fully saturated rings. The molecule has 0 heterocycles. The maximum absolute atomic E-state index is 11.9. The fraction of sp³-hybridized carbons (Fsp3) is 0.680. The summed E-state index contributed by atoms with van der Waals surface area (Å²) in [6.07, 6.45) is 19.1. The van der Waals surface area contributed by atoms with Gasteiger partial charge in [0.05, 0.1) is 20.4 Å². The highest BCUT2D eigenvalue weighted by molar-refractivity contribution is 5.83. The number of carbonyl (C=O) groups is 1. The number of nitrogens with zero attached hydrogens (tertiary/aromatic N) is 1. The van der Waals surface area contributed by atoms with Crippen LogP contribution in [0.15, 0.2) is 23.3 Å². The molecule has 5 heteroatoms. The van der Waals surface area contributed by atoms with Crippen LogP contribution < -0.4 is 14.9 Å². The minimum atomic E-state index is -0.0326. The van der Waals surface area contributed by atoms with Crippen LogP contribution in [0.4, 0.5) is 0 Å². The number of amides is 1. The highest BCUT2D eigenvalue weighted by Crippen LogP contribution is 2.26. The predicted molar refractivity (Wildman–Crippen MR) is 126 cm³/mol. The molecule has 0 aliphatic carbocycles. The molecule has 1 N–H and O–H groups in total. The predicted octanol–water partition coefficient (Wildman–Crippen LogP) is 6.64. The Labute approximate surface area is 183 Å². The van der Waals surface area contributed by atoms with Crippen molar-refractivity contribution in [3.05, 3.63) is 23.8 Å². The second kappa shape index (κ2) is 17.8. The van der Waals surface area contributed by atoms with Crippen molar-refractivity contribution in [2.75, 3.05) is 14.2 Å². The lowest BCUT2D eigenvalue weighted by atomic mass is 10.0. The largest absolute Gasteiger partial charge is 0.493 e. The van der Waals surface area contributed by atoms with Gasteiger partial charge in [0.25, 0.3) is 0 Å². The SMILES string of the molecule is CCCCCCCCCCCCCCCC(=O)NN=Cc1ccc(OC)c(OC)c1. The Morgan fingerprint density at radius 3 is 1.90 bits per heavy atom. The zero-order valence-corrected chi connectivity index (χ0v) is 19.4. The first-order valence-corrected chi connectivity index (χ1v) is 11.7. The molecule has 0 spiro atoms. The molecule has 170 valence electrons. The van der Waals surface area contributed by atoms with Crippen molar-refractivity contribution in [2.24, 2.45) is 5.10 Å². The number of hydrogen-bond donors (Lipinski definition) is 1. The monoisotopic (exact) mass is 418 g/mol. The number of benzene rings is 1. The zero-order chi connectivity index (χ0) is 21.9. The Hall–Kier alpha value is -2.04. The van der Waals surface area contributed by atoms with Crippen LogP contribution in [0.2, 0.25) is 0 Å². The summed E-state index contributed by atoms with van der Waals surface area (Å²) in [6, 6.07) is 5.50. The second-order valence-corrected chi connectivity index (χ2v) is 7.90. The molecular weight excluding hydrogens is 376 g/mol. The minimum Gasteiger partial charge on any atom is -0.493 e. The smallest absolute Gasteiger partial charge is 0.240 e. The number of rotatable bonds is 18. The standard InChI is InChI=1S/C25H42N2O3/c1-4-5-6-7-8-9-10-11-12-13-14-15-16-17-25(28)27-26-21-22-18-19-23(29-2)24(20-22)30-3/h18-21H,4-17H2,1-3H3,(H,27,28). The fourth-order valence-corrected chi connectivity index (χ4v) is 3.47. The molecule has 0 saturated heterocycles. The summed E-state index contributed by atoms with van der Waals surface area (Å²) in [5.41, 5.74) is 3.44. The van der Waals surface area contributed by atoms with Gasteiger partial charge in [-0.2, -0.15) is 5.10 Å². The number of hydrogen-bond acceptors (Lipinski definition) is 4. The van der Waals surface area contributed by atoms with E-state index in [1.54, 1.807) is 20.4 Å². The molecule has 0 aliphatic rings. The third kappa shape index (κ3) is 12.5. The summed E-state index contributed by atoms with van der Waals surface area (Å²) in [6.45, 7) is 2.27. The highest BCUT2D eigenvalue weighted by Gasteiger charge is 2.03. The van der Waals surface area contributed by atoms with Crippen LogP contribution in [0.25, 0.3) is 0 Å². The van der Waals surface area contributed by atoms with Gasteiger partial charge in [-0.15, -0.1) is 0 Å². The first-order chi connectivity index (χ1) is 14.7. The van der Waals surface area contributed by atoms with Gasteiger partial charge in [-0.1, -0.05) is 84.0 Å². The Morgan fingerprint density at radius 2 is 1.37 bits per heavy atom. The lowest BCUT2D eigenvalue weighted by Gasteiger charge is -2.07. The number of methoxy groups -OCH3 is 2. The van der Waals surface area contributed by atoms with E-state index >= 15 is 0 Å². The van der Waals surface area contributed by atoms with E-state index in [0.717, 1.165) is 18.4 Å². The van der Waals surface area contributed by atoms with Crippen molar-refractivity contribution in [2.45, 2.75) is 96.8 Å². The van der Waals surface area contributed by atoms with Gasteiger partial charge in [0.15, 0.2) is 11.5 Å². The number of hydrazone groups is 1. The van der Waals surface area contributed by atoms with Crippen LogP contribution in [-0.2, 0) is 4.79 Å². The van der Waals surface area contributed by atoms with Crippen LogP contribution >= 0.6 is 0 Å². The molecule has 0 atom stereocenters. The Morgan fingerprint density at radius 1 is 0.833 bits per heavy atom. The van der Waals surface area contributed by atoms with E-state index in [-0.39, 0.29) is 5.91 Å². The summed E-state index contributed by atoms with van der Waals surface area (Å²) in [7, 11) is 3.19. The topological polar surface area (TPSA) is 59.9 Å². The Balaban J connectivity index is 2.00. The average Bonchev–Trinajstić information content (AvgIpc) is 2.76.